The molecule has 19 heavy (non-hydrogen) atoms. The number of carbonyl (C=O) groups excluding carboxylic acids is 2. The first-order chi connectivity index (χ1) is 8.74. The Balaban J connectivity index is 2.91. The SMILES string of the molecule is CC[C@H](C(N)=O)C(OS(C)(=O)=O)[C@@H]1CCC(=O)NC1. The highest BCUT2D eigenvalue weighted by Gasteiger charge is 2.37. The van der Waals surface area contributed by atoms with Gasteiger partial charge in [0.15, 0.2) is 0 Å². The molecule has 0 aromatic rings. The first-order valence-corrected chi connectivity index (χ1v) is 8.00. The van der Waals surface area contributed by atoms with Gasteiger partial charge in [0.05, 0.1) is 18.3 Å². The Morgan fingerprint density at radius 2 is 2.21 bits per heavy atom. The van der Waals surface area contributed by atoms with Crippen molar-refractivity contribution in [3.05, 3.63) is 0 Å². The Kier molecular flexibility index (Phi) is 5.30. The molecular formula is C11H20N2O5S. The number of piperidine rings is 1. The largest absolute Gasteiger partial charge is 0.369 e. The number of nitrogens with one attached hydrogen (secondary N) is 1. The number of hydrogen-bond acceptors (Lipinski definition) is 5. The van der Waals surface area contributed by atoms with Crippen LogP contribution in [0, 0.1) is 11.8 Å². The zero-order valence-corrected chi connectivity index (χ0v) is 11.9. The molecule has 1 saturated heterocycles. The van der Waals surface area contributed by atoms with Crippen molar-refractivity contribution in [2.75, 3.05) is 12.8 Å². The highest BCUT2D eigenvalue weighted by molar-refractivity contribution is 7.86. The zero-order chi connectivity index (χ0) is 14.6. The van der Waals surface area contributed by atoms with E-state index in [1.54, 1.807) is 6.92 Å². The van der Waals surface area contributed by atoms with E-state index in [1.165, 1.54) is 0 Å². The van der Waals surface area contributed by atoms with Gasteiger partial charge in [-0.1, -0.05) is 6.92 Å². The Morgan fingerprint density at radius 3 is 2.58 bits per heavy atom. The lowest BCUT2D eigenvalue weighted by Crippen LogP contribution is -2.47. The Labute approximate surface area is 113 Å². The summed E-state index contributed by atoms with van der Waals surface area (Å²) >= 11 is 0. The topological polar surface area (TPSA) is 116 Å². The number of primary amides is 1. The van der Waals surface area contributed by atoms with E-state index in [9.17, 15) is 18.0 Å². The van der Waals surface area contributed by atoms with Gasteiger partial charge in [0.1, 0.15) is 0 Å². The molecule has 7 nitrogen and oxygen atoms in total. The molecule has 0 spiro atoms. The average Bonchev–Trinajstić information content (AvgIpc) is 2.27. The number of amides is 2. The standard InChI is InChI=1S/C11H20N2O5S/c1-3-8(11(12)15)10(18-19(2,16)17)7-4-5-9(14)13-6-7/h7-8,10H,3-6H2,1-2H3,(H2,12,15)(H,13,14)/t7-,8+,10?/m1/s1. The van der Waals surface area contributed by atoms with E-state index in [1.807, 2.05) is 0 Å². The van der Waals surface area contributed by atoms with E-state index in [0.29, 0.717) is 25.8 Å². The molecule has 0 aromatic heterocycles. The normalized spacial score (nSPS) is 23.5. The minimum atomic E-state index is -3.70. The monoisotopic (exact) mass is 292 g/mol. The molecule has 1 fully saturated rings. The molecule has 0 aromatic carbocycles. The van der Waals surface area contributed by atoms with Gasteiger partial charge in [-0.2, -0.15) is 8.42 Å². The molecule has 8 heteroatoms. The van der Waals surface area contributed by atoms with Crippen molar-refractivity contribution in [3.8, 4) is 0 Å². The second kappa shape index (κ2) is 6.33. The van der Waals surface area contributed by atoms with Crippen LogP contribution < -0.4 is 11.1 Å². The molecule has 1 heterocycles. The summed E-state index contributed by atoms with van der Waals surface area (Å²) in [5.74, 6) is -1.59. The Morgan fingerprint density at radius 1 is 1.58 bits per heavy atom. The fraction of sp³-hybridized carbons (Fsp3) is 0.818. The summed E-state index contributed by atoms with van der Waals surface area (Å²) in [6, 6.07) is 0. The molecule has 1 aliphatic heterocycles. The summed E-state index contributed by atoms with van der Waals surface area (Å²) in [5, 5.41) is 2.65. The summed E-state index contributed by atoms with van der Waals surface area (Å²) in [7, 11) is -3.70. The third-order valence-electron chi connectivity index (χ3n) is 3.26. The van der Waals surface area contributed by atoms with Gasteiger partial charge in [0.2, 0.25) is 11.8 Å². The molecule has 3 atom stereocenters. The smallest absolute Gasteiger partial charge is 0.264 e. The van der Waals surface area contributed by atoms with Gasteiger partial charge in [-0.05, 0) is 12.8 Å². The first-order valence-electron chi connectivity index (χ1n) is 6.19. The van der Waals surface area contributed by atoms with Gasteiger partial charge in [0.25, 0.3) is 10.1 Å². The molecule has 2 amide bonds. The van der Waals surface area contributed by atoms with E-state index in [0.717, 1.165) is 6.26 Å². The van der Waals surface area contributed by atoms with Gasteiger partial charge in [-0.25, -0.2) is 0 Å². The number of rotatable bonds is 6. The van der Waals surface area contributed by atoms with Gasteiger partial charge in [-0.15, -0.1) is 0 Å². The highest BCUT2D eigenvalue weighted by atomic mass is 32.2. The van der Waals surface area contributed by atoms with Crippen molar-refractivity contribution in [1.29, 1.82) is 0 Å². The van der Waals surface area contributed by atoms with E-state index in [-0.39, 0.29) is 11.8 Å². The van der Waals surface area contributed by atoms with Crippen LogP contribution in [0.2, 0.25) is 0 Å². The lowest BCUT2D eigenvalue weighted by atomic mass is 9.84. The van der Waals surface area contributed by atoms with Crippen molar-refractivity contribution in [2.45, 2.75) is 32.3 Å². The average molecular weight is 292 g/mol. The van der Waals surface area contributed by atoms with Crippen molar-refractivity contribution in [2.24, 2.45) is 17.6 Å². The fourth-order valence-electron chi connectivity index (χ4n) is 2.30. The Bertz CT molecular complexity index is 438. The maximum Gasteiger partial charge on any atom is 0.264 e. The third kappa shape index (κ3) is 4.79. The minimum absolute atomic E-state index is 0.0820. The molecule has 0 radical (unpaired) electrons. The Hall–Kier alpha value is -1.15. The van der Waals surface area contributed by atoms with Crippen molar-refractivity contribution in [3.63, 3.8) is 0 Å². The number of carbonyl (C=O) groups is 2. The van der Waals surface area contributed by atoms with E-state index in [2.05, 4.69) is 5.32 Å². The summed E-state index contributed by atoms with van der Waals surface area (Å²) in [6.07, 6.45) is 1.28. The lowest BCUT2D eigenvalue weighted by molar-refractivity contribution is -0.127. The van der Waals surface area contributed by atoms with E-state index in [4.69, 9.17) is 9.92 Å². The van der Waals surface area contributed by atoms with Crippen LogP contribution >= 0.6 is 0 Å². The summed E-state index contributed by atoms with van der Waals surface area (Å²) in [6.45, 7) is 2.04. The maximum absolute atomic E-state index is 11.4. The van der Waals surface area contributed by atoms with Crippen LogP contribution in [-0.4, -0.2) is 39.1 Å². The molecule has 1 aliphatic rings. The van der Waals surface area contributed by atoms with Crippen molar-refractivity contribution < 1.29 is 22.2 Å². The molecule has 3 N–H and O–H groups in total. The minimum Gasteiger partial charge on any atom is -0.369 e. The predicted molar refractivity (Wildman–Crippen MR) is 68.4 cm³/mol. The van der Waals surface area contributed by atoms with Crippen molar-refractivity contribution >= 4 is 21.9 Å². The van der Waals surface area contributed by atoms with Gasteiger partial charge < -0.3 is 11.1 Å². The molecule has 1 rings (SSSR count). The van der Waals surface area contributed by atoms with Crippen LogP contribution in [0.5, 0.6) is 0 Å². The van der Waals surface area contributed by atoms with Crippen LogP contribution in [0.15, 0.2) is 0 Å². The molecular weight excluding hydrogens is 272 g/mol. The summed E-state index contributed by atoms with van der Waals surface area (Å²) < 4.78 is 27.7. The van der Waals surface area contributed by atoms with Crippen LogP contribution in [0.3, 0.4) is 0 Å². The quantitative estimate of drug-likeness (QED) is 0.632. The van der Waals surface area contributed by atoms with Gasteiger partial charge in [0, 0.05) is 18.9 Å². The molecule has 0 aliphatic carbocycles. The zero-order valence-electron chi connectivity index (χ0n) is 11.1. The maximum atomic E-state index is 11.4. The first kappa shape index (κ1) is 15.9. The predicted octanol–water partition coefficient (Wildman–Crippen LogP) is -0.631. The van der Waals surface area contributed by atoms with Crippen LogP contribution in [0.4, 0.5) is 0 Å². The molecule has 110 valence electrons. The highest BCUT2D eigenvalue weighted by Crippen LogP contribution is 2.26. The lowest BCUT2D eigenvalue weighted by Gasteiger charge is -2.33. The third-order valence-corrected chi connectivity index (χ3v) is 3.83. The summed E-state index contributed by atoms with van der Waals surface area (Å²) in [5.41, 5.74) is 5.30. The van der Waals surface area contributed by atoms with Gasteiger partial charge >= 0.3 is 0 Å². The second-order valence-corrected chi connectivity index (χ2v) is 6.39. The van der Waals surface area contributed by atoms with Crippen LogP contribution in [-0.2, 0) is 23.9 Å². The van der Waals surface area contributed by atoms with Crippen LogP contribution in [0.1, 0.15) is 26.2 Å². The molecule has 0 bridgehead atoms. The number of hydrogen-bond donors (Lipinski definition) is 2. The van der Waals surface area contributed by atoms with E-state index >= 15 is 0 Å². The number of nitrogens with two attached hydrogens (primary N) is 1. The molecule has 1 unspecified atom stereocenters. The summed E-state index contributed by atoms with van der Waals surface area (Å²) in [4.78, 5) is 22.6. The second-order valence-electron chi connectivity index (χ2n) is 4.78. The van der Waals surface area contributed by atoms with E-state index < -0.39 is 28.0 Å². The van der Waals surface area contributed by atoms with Crippen molar-refractivity contribution in [1.82, 2.24) is 5.32 Å². The van der Waals surface area contributed by atoms with Gasteiger partial charge in [-0.3, -0.25) is 13.8 Å². The fourth-order valence-corrected chi connectivity index (χ4v) is 3.00. The molecule has 0 saturated carbocycles. The van der Waals surface area contributed by atoms with Crippen LogP contribution in [0.25, 0.3) is 0 Å².